The number of nitrogens with one attached hydrogen (secondary N) is 1. The Morgan fingerprint density at radius 2 is 1.71 bits per heavy atom. The van der Waals surface area contributed by atoms with Gasteiger partial charge in [-0.3, -0.25) is 4.79 Å². The van der Waals surface area contributed by atoms with E-state index in [4.69, 9.17) is 15.5 Å². The van der Waals surface area contributed by atoms with Gasteiger partial charge in [-0.2, -0.15) is 0 Å². The van der Waals surface area contributed by atoms with Gasteiger partial charge in [0.2, 0.25) is 5.91 Å². The van der Waals surface area contributed by atoms with E-state index in [1.54, 1.807) is 0 Å². The summed E-state index contributed by atoms with van der Waals surface area (Å²) in [5.41, 5.74) is 3.38. The molecule has 1 aromatic heterocycles. The number of hydrogen-bond donors (Lipinski definition) is 5. The van der Waals surface area contributed by atoms with Crippen LogP contribution >= 0.6 is 11.3 Å². The molecule has 0 aromatic carbocycles. The summed E-state index contributed by atoms with van der Waals surface area (Å²) in [5, 5.41) is 39.5. The number of rotatable bonds is 5. The molecule has 254 valence electrons. The molecule has 11 atom stereocenters. The molecule has 0 unspecified atom stereocenters. The minimum Gasteiger partial charge on any atom is -0.393 e. The van der Waals surface area contributed by atoms with E-state index >= 15 is 0 Å². The molecule has 5 aliphatic rings. The molecule has 1 saturated heterocycles. The molecule has 1 amide bonds. The Morgan fingerprint density at radius 1 is 1.04 bits per heavy atom. The number of aliphatic hydroxyl groups excluding tert-OH is 1. The molecule has 2 heterocycles. The van der Waals surface area contributed by atoms with Gasteiger partial charge in [-0.25, -0.2) is 4.98 Å². The highest BCUT2D eigenvalue weighted by molar-refractivity contribution is 7.15. The van der Waals surface area contributed by atoms with Crippen LogP contribution in [0.4, 0.5) is 5.13 Å². The molecule has 9 heteroatoms. The lowest BCUT2D eigenvalue weighted by molar-refractivity contribution is -0.275. The fourth-order valence-corrected chi connectivity index (χ4v) is 13.0. The summed E-state index contributed by atoms with van der Waals surface area (Å²) in [6.07, 6.45) is 5.91. The monoisotopic (exact) mass is 645 g/mol. The number of thiazole rings is 1. The largest absolute Gasteiger partial charge is 0.393 e. The molecule has 0 spiro atoms. The Labute approximate surface area is 274 Å². The third kappa shape index (κ3) is 4.46. The van der Waals surface area contributed by atoms with E-state index in [1.807, 2.05) is 27.7 Å². The Balaban J connectivity index is 1.34. The van der Waals surface area contributed by atoms with E-state index in [0.717, 1.165) is 42.7 Å². The van der Waals surface area contributed by atoms with Crippen molar-refractivity contribution in [2.24, 2.45) is 45.7 Å². The fraction of sp³-hybridized carbons (Fsp3) is 0.889. The zero-order valence-corrected chi connectivity index (χ0v) is 30.1. The molecule has 1 aliphatic heterocycles. The average molecular weight is 646 g/mol. The first-order valence-electron chi connectivity index (χ1n) is 17.4. The van der Waals surface area contributed by atoms with E-state index < -0.39 is 34.2 Å². The minimum absolute atomic E-state index is 0.0140. The molecule has 0 radical (unpaired) electrons. The third-order valence-electron chi connectivity index (χ3n) is 14.8. The summed E-state index contributed by atoms with van der Waals surface area (Å²) in [6, 6.07) is -0.616. The highest BCUT2D eigenvalue weighted by Gasteiger charge is 2.75. The number of hydrogen-bond acceptors (Lipinski definition) is 8. The summed E-state index contributed by atoms with van der Waals surface area (Å²) in [5.74, 6) is 0.196. The van der Waals surface area contributed by atoms with Crippen LogP contribution in [0.15, 0.2) is 0 Å². The Hall–Kier alpha value is -1.10. The second kappa shape index (κ2) is 10.2. The van der Waals surface area contributed by atoms with Crippen molar-refractivity contribution in [2.75, 3.05) is 5.32 Å². The number of carbonyl (C=O) groups is 1. The van der Waals surface area contributed by atoms with E-state index in [2.05, 4.69) is 46.9 Å². The lowest BCUT2D eigenvalue weighted by Gasteiger charge is -2.72. The number of nitrogens with two attached hydrogens (primary N) is 1. The zero-order chi connectivity index (χ0) is 33.3. The number of ether oxygens (including phenoxy) is 1. The first-order valence-corrected chi connectivity index (χ1v) is 18.2. The van der Waals surface area contributed by atoms with Crippen molar-refractivity contribution in [3.63, 3.8) is 0 Å². The number of aromatic nitrogens is 1. The molecule has 0 bridgehead atoms. The molecule has 8 nitrogen and oxygen atoms in total. The molecular formula is C36H59N3O5S. The Bertz CT molecular complexity index is 1360. The number of aliphatic hydroxyl groups is 3. The molecular weight excluding hydrogens is 586 g/mol. The van der Waals surface area contributed by atoms with Gasteiger partial charge in [-0.15, -0.1) is 11.3 Å². The van der Waals surface area contributed by atoms with Crippen LogP contribution in [0.25, 0.3) is 0 Å². The maximum atomic E-state index is 12.9. The first-order chi connectivity index (χ1) is 20.6. The van der Waals surface area contributed by atoms with Crippen molar-refractivity contribution < 1.29 is 24.9 Å². The van der Waals surface area contributed by atoms with E-state index in [0.29, 0.717) is 24.4 Å². The number of anilines is 1. The molecule has 45 heavy (non-hydrogen) atoms. The van der Waals surface area contributed by atoms with Crippen molar-refractivity contribution in [1.82, 2.24) is 4.98 Å². The van der Waals surface area contributed by atoms with E-state index in [9.17, 15) is 20.1 Å². The third-order valence-corrected chi connectivity index (χ3v) is 15.8. The van der Waals surface area contributed by atoms with Gasteiger partial charge >= 0.3 is 0 Å². The predicted octanol–water partition coefficient (Wildman–Crippen LogP) is 5.56. The van der Waals surface area contributed by atoms with Crippen molar-refractivity contribution in [1.29, 1.82) is 0 Å². The summed E-state index contributed by atoms with van der Waals surface area (Å²) >= 11 is 1.52. The highest BCUT2D eigenvalue weighted by Crippen LogP contribution is 2.76. The average Bonchev–Trinajstić information content (AvgIpc) is 3.64. The van der Waals surface area contributed by atoms with Crippen LogP contribution in [0.5, 0.6) is 0 Å². The van der Waals surface area contributed by atoms with Gasteiger partial charge in [-0.05, 0) is 107 Å². The van der Waals surface area contributed by atoms with Gasteiger partial charge in [0, 0.05) is 15.7 Å². The lowest BCUT2D eigenvalue weighted by atomic mass is 9.34. The lowest BCUT2D eigenvalue weighted by Crippen LogP contribution is -2.73. The standard InChI is InChI=1S/C36H59N3O5S/c1-19(2)26(37)28(41)39-29-38-27-22(45-29)18-34(9)23-17-21(40)25-20(35(10)14-12-24(44-35)31(5,6)42)11-13-33(25,8)32(23,7)15-16-36(34,43)30(27,3)4/h19-21,23-26,40,42-43H,11-18,37H2,1-10H3,(H,38,39,41)/t20-,21+,23-,24-,25+,26-,32+,33+,34+,35-,36+/m0/s1. The van der Waals surface area contributed by atoms with E-state index in [1.165, 1.54) is 11.3 Å². The normalized spacial score (nSPS) is 46.2. The van der Waals surface area contributed by atoms with Gasteiger partial charge in [0.05, 0.1) is 40.7 Å². The summed E-state index contributed by atoms with van der Waals surface area (Å²) in [4.78, 5) is 18.9. The predicted molar refractivity (Wildman–Crippen MR) is 178 cm³/mol. The molecule has 4 fully saturated rings. The molecule has 1 aromatic rings. The van der Waals surface area contributed by atoms with Gasteiger partial charge < -0.3 is 31.1 Å². The Morgan fingerprint density at radius 3 is 2.31 bits per heavy atom. The van der Waals surface area contributed by atoms with Crippen LogP contribution in [-0.2, 0) is 21.4 Å². The van der Waals surface area contributed by atoms with Crippen molar-refractivity contribution >= 4 is 22.4 Å². The summed E-state index contributed by atoms with van der Waals surface area (Å²) in [7, 11) is 0. The van der Waals surface area contributed by atoms with Crippen molar-refractivity contribution in [3.8, 4) is 0 Å². The summed E-state index contributed by atoms with van der Waals surface area (Å²) < 4.78 is 6.71. The number of fused-ring (bicyclic) bond motifs is 6. The molecule has 4 aliphatic carbocycles. The van der Waals surface area contributed by atoms with Crippen molar-refractivity contribution in [3.05, 3.63) is 10.6 Å². The van der Waals surface area contributed by atoms with Crippen molar-refractivity contribution in [2.45, 2.75) is 161 Å². The zero-order valence-electron chi connectivity index (χ0n) is 29.3. The topological polar surface area (TPSA) is 138 Å². The van der Waals surface area contributed by atoms with Crippen LogP contribution in [0.3, 0.4) is 0 Å². The van der Waals surface area contributed by atoms with Crippen LogP contribution in [0, 0.1) is 39.9 Å². The number of amides is 1. The minimum atomic E-state index is -1.03. The van der Waals surface area contributed by atoms with E-state index in [-0.39, 0.29) is 52.1 Å². The maximum absolute atomic E-state index is 12.9. The molecule has 3 saturated carbocycles. The second-order valence-electron chi connectivity index (χ2n) is 18.1. The fourth-order valence-electron chi connectivity index (χ4n) is 11.7. The van der Waals surface area contributed by atoms with Gasteiger partial charge in [0.15, 0.2) is 5.13 Å². The van der Waals surface area contributed by atoms with Gasteiger partial charge in [0.25, 0.3) is 0 Å². The number of carbonyl (C=O) groups excluding carboxylic acids is 1. The first kappa shape index (κ1) is 33.8. The molecule has 6 rings (SSSR count). The van der Waals surface area contributed by atoms with Crippen LogP contribution in [0.1, 0.15) is 125 Å². The number of nitrogens with zero attached hydrogens (tertiary/aromatic N) is 1. The van der Waals surface area contributed by atoms with Crippen LogP contribution < -0.4 is 11.1 Å². The SMILES string of the molecule is CC(C)[C@H](N)C(=O)Nc1nc2c(s1)C[C@]1(C)[C@H]3C[C@@H](O)[C@H]4[C@@H]([C@]5(C)CC[C@@H](C(C)(C)O)O5)CC[C@@]4(C)[C@]3(C)CC[C@@]1(O)C2(C)C. The van der Waals surface area contributed by atoms with Gasteiger partial charge in [0.1, 0.15) is 0 Å². The smallest absolute Gasteiger partial charge is 0.243 e. The van der Waals surface area contributed by atoms with Crippen LogP contribution in [0.2, 0.25) is 0 Å². The quantitative estimate of drug-likeness (QED) is 0.283. The Kier molecular flexibility index (Phi) is 7.66. The second-order valence-corrected chi connectivity index (χ2v) is 19.2. The summed E-state index contributed by atoms with van der Waals surface area (Å²) in [6.45, 7) is 21.1. The maximum Gasteiger partial charge on any atom is 0.243 e. The highest BCUT2D eigenvalue weighted by atomic mass is 32.1. The molecule has 6 N–H and O–H groups in total. The van der Waals surface area contributed by atoms with Gasteiger partial charge in [-0.1, -0.05) is 48.5 Å². The van der Waals surface area contributed by atoms with Crippen LogP contribution in [-0.4, -0.2) is 61.3 Å².